The number of hydrogen-bond acceptors (Lipinski definition) is 4. The summed E-state index contributed by atoms with van der Waals surface area (Å²) in [6, 6.07) is 7.81. The molecule has 0 aliphatic rings. The Kier molecular flexibility index (Phi) is 6.30. The molecule has 0 saturated carbocycles. The highest BCUT2D eigenvalue weighted by Gasteiger charge is 2.06. The van der Waals surface area contributed by atoms with Gasteiger partial charge in [0.15, 0.2) is 5.96 Å². The molecule has 1 heterocycles. The molecule has 24 heavy (non-hydrogen) atoms. The first-order chi connectivity index (χ1) is 11.6. The molecule has 1 amide bonds. The van der Waals surface area contributed by atoms with Crippen LogP contribution in [0.5, 0.6) is 0 Å². The predicted octanol–water partition coefficient (Wildman–Crippen LogP) is 0.681. The maximum Gasteiger partial charge on any atom is 0.243 e. The predicted molar refractivity (Wildman–Crippen MR) is 93.7 cm³/mol. The number of aliphatic imine (C=N–C) groups is 1. The monoisotopic (exact) mass is 329 g/mol. The van der Waals surface area contributed by atoms with Crippen molar-refractivity contribution in [1.82, 2.24) is 25.4 Å². The minimum absolute atomic E-state index is 0.120. The lowest BCUT2D eigenvalue weighted by Crippen LogP contribution is -2.41. The number of aromatic nitrogens is 3. The zero-order chi connectivity index (χ0) is 17.4. The number of amides is 1. The van der Waals surface area contributed by atoms with Crippen LogP contribution >= 0.6 is 0 Å². The standard InChI is InChI=1S/C16H23N7O/c1-4-12-6-5-7-13(8-12)22-15(24)10-19-16(17-2)18-9-14-20-11-21-23(14)3/h5-8,11H,4,9-10H2,1-3H3,(H,22,24)(H2,17,18,19). The molecule has 0 unspecified atom stereocenters. The van der Waals surface area contributed by atoms with E-state index in [4.69, 9.17) is 0 Å². The lowest BCUT2D eigenvalue weighted by Gasteiger charge is -2.12. The molecular weight excluding hydrogens is 306 g/mol. The highest BCUT2D eigenvalue weighted by molar-refractivity contribution is 5.95. The fraction of sp³-hybridized carbons (Fsp3) is 0.375. The highest BCUT2D eigenvalue weighted by Crippen LogP contribution is 2.10. The number of rotatable bonds is 6. The average molecular weight is 329 g/mol. The fourth-order valence-electron chi connectivity index (χ4n) is 2.10. The van der Waals surface area contributed by atoms with Crippen molar-refractivity contribution in [3.63, 3.8) is 0 Å². The summed E-state index contributed by atoms with van der Waals surface area (Å²) in [7, 11) is 3.46. The third-order valence-corrected chi connectivity index (χ3v) is 3.48. The summed E-state index contributed by atoms with van der Waals surface area (Å²) >= 11 is 0. The van der Waals surface area contributed by atoms with Gasteiger partial charge < -0.3 is 16.0 Å². The Hall–Kier alpha value is -2.90. The van der Waals surface area contributed by atoms with Crippen molar-refractivity contribution in [2.45, 2.75) is 19.9 Å². The molecule has 0 bridgehead atoms. The summed E-state index contributed by atoms with van der Waals surface area (Å²) in [5, 5.41) is 12.9. The normalized spacial score (nSPS) is 11.2. The second-order valence-corrected chi connectivity index (χ2v) is 5.18. The molecule has 0 atom stereocenters. The minimum Gasteiger partial charge on any atom is -0.349 e. The molecule has 0 aliphatic carbocycles. The Morgan fingerprint density at radius 1 is 1.33 bits per heavy atom. The summed E-state index contributed by atoms with van der Waals surface area (Å²) < 4.78 is 1.67. The van der Waals surface area contributed by atoms with E-state index in [1.54, 1.807) is 11.7 Å². The van der Waals surface area contributed by atoms with Gasteiger partial charge in [-0.05, 0) is 24.1 Å². The zero-order valence-electron chi connectivity index (χ0n) is 14.2. The summed E-state index contributed by atoms with van der Waals surface area (Å²) in [5.41, 5.74) is 1.98. The van der Waals surface area contributed by atoms with E-state index in [-0.39, 0.29) is 12.5 Å². The summed E-state index contributed by atoms with van der Waals surface area (Å²) in [4.78, 5) is 20.2. The molecule has 0 saturated heterocycles. The second-order valence-electron chi connectivity index (χ2n) is 5.18. The van der Waals surface area contributed by atoms with Crippen LogP contribution in [0.4, 0.5) is 5.69 Å². The van der Waals surface area contributed by atoms with Gasteiger partial charge in [-0.1, -0.05) is 19.1 Å². The lowest BCUT2D eigenvalue weighted by molar-refractivity contribution is -0.115. The second kappa shape index (κ2) is 8.66. The van der Waals surface area contributed by atoms with Crippen LogP contribution in [0.25, 0.3) is 0 Å². The number of nitrogens with zero attached hydrogens (tertiary/aromatic N) is 4. The molecule has 2 rings (SSSR count). The third kappa shape index (κ3) is 5.08. The van der Waals surface area contributed by atoms with Crippen LogP contribution in [-0.4, -0.2) is 40.2 Å². The fourth-order valence-corrected chi connectivity index (χ4v) is 2.10. The van der Waals surface area contributed by atoms with Crippen LogP contribution in [0.1, 0.15) is 18.3 Å². The Balaban J connectivity index is 1.79. The quantitative estimate of drug-likeness (QED) is 0.535. The van der Waals surface area contributed by atoms with Gasteiger partial charge in [0.05, 0.1) is 13.1 Å². The maximum absolute atomic E-state index is 12.0. The van der Waals surface area contributed by atoms with E-state index in [2.05, 4.69) is 37.9 Å². The third-order valence-electron chi connectivity index (χ3n) is 3.48. The molecule has 1 aromatic heterocycles. The number of guanidine groups is 1. The molecule has 8 nitrogen and oxygen atoms in total. The first-order valence-electron chi connectivity index (χ1n) is 7.78. The first-order valence-corrected chi connectivity index (χ1v) is 7.78. The van der Waals surface area contributed by atoms with Gasteiger partial charge in [0.25, 0.3) is 0 Å². The topological polar surface area (TPSA) is 96.2 Å². The zero-order valence-corrected chi connectivity index (χ0v) is 14.2. The molecule has 0 radical (unpaired) electrons. The van der Waals surface area contributed by atoms with Crippen molar-refractivity contribution in [3.05, 3.63) is 42.0 Å². The molecule has 0 spiro atoms. The van der Waals surface area contributed by atoms with Crippen molar-refractivity contribution in [1.29, 1.82) is 0 Å². The molecule has 128 valence electrons. The number of hydrogen-bond donors (Lipinski definition) is 3. The van der Waals surface area contributed by atoms with Crippen LogP contribution in [0.2, 0.25) is 0 Å². The number of aryl methyl sites for hydroxylation is 2. The summed E-state index contributed by atoms with van der Waals surface area (Å²) in [6.45, 7) is 2.67. The smallest absolute Gasteiger partial charge is 0.243 e. The number of carbonyl (C=O) groups is 1. The molecule has 0 aliphatic heterocycles. The van der Waals surface area contributed by atoms with Crippen LogP contribution in [0.15, 0.2) is 35.6 Å². The Morgan fingerprint density at radius 3 is 2.83 bits per heavy atom. The largest absolute Gasteiger partial charge is 0.349 e. The van der Waals surface area contributed by atoms with Gasteiger partial charge in [0.1, 0.15) is 12.2 Å². The van der Waals surface area contributed by atoms with Gasteiger partial charge in [0.2, 0.25) is 5.91 Å². The Morgan fingerprint density at radius 2 is 2.17 bits per heavy atom. The van der Waals surface area contributed by atoms with Crippen molar-refractivity contribution in [3.8, 4) is 0 Å². The van der Waals surface area contributed by atoms with Crippen LogP contribution < -0.4 is 16.0 Å². The van der Waals surface area contributed by atoms with E-state index in [9.17, 15) is 4.79 Å². The van der Waals surface area contributed by atoms with E-state index in [0.717, 1.165) is 17.9 Å². The Labute approximate surface area is 141 Å². The highest BCUT2D eigenvalue weighted by atomic mass is 16.1. The minimum atomic E-state index is -0.134. The molecule has 2 aromatic rings. The SMILES string of the molecule is CCc1cccc(NC(=O)CNC(=NC)NCc2ncnn2C)c1. The van der Waals surface area contributed by atoms with Gasteiger partial charge in [-0.25, -0.2) is 4.98 Å². The number of benzene rings is 1. The number of carbonyl (C=O) groups excluding carboxylic acids is 1. The van der Waals surface area contributed by atoms with Gasteiger partial charge in [-0.15, -0.1) is 0 Å². The first kappa shape index (κ1) is 17.5. The number of anilines is 1. The van der Waals surface area contributed by atoms with E-state index in [1.165, 1.54) is 11.9 Å². The van der Waals surface area contributed by atoms with E-state index in [1.807, 2.05) is 31.3 Å². The molecule has 1 aromatic carbocycles. The van der Waals surface area contributed by atoms with Crippen LogP contribution in [0.3, 0.4) is 0 Å². The molecule has 8 heteroatoms. The summed E-state index contributed by atoms with van der Waals surface area (Å²) in [6.07, 6.45) is 2.42. The Bertz CT molecular complexity index is 708. The van der Waals surface area contributed by atoms with Crippen LogP contribution in [-0.2, 0) is 24.8 Å². The van der Waals surface area contributed by atoms with Gasteiger partial charge in [-0.3, -0.25) is 14.5 Å². The molecule has 3 N–H and O–H groups in total. The van der Waals surface area contributed by atoms with E-state index >= 15 is 0 Å². The summed E-state index contributed by atoms with van der Waals surface area (Å²) in [5.74, 6) is 1.17. The maximum atomic E-state index is 12.0. The average Bonchev–Trinajstić information content (AvgIpc) is 3.00. The molecular formula is C16H23N7O. The van der Waals surface area contributed by atoms with Crippen molar-refractivity contribution < 1.29 is 4.79 Å². The van der Waals surface area contributed by atoms with Crippen molar-refractivity contribution in [2.24, 2.45) is 12.0 Å². The lowest BCUT2D eigenvalue weighted by atomic mass is 10.1. The van der Waals surface area contributed by atoms with Crippen molar-refractivity contribution >= 4 is 17.6 Å². The van der Waals surface area contributed by atoms with Gasteiger partial charge >= 0.3 is 0 Å². The van der Waals surface area contributed by atoms with Crippen molar-refractivity contribution in [2.75, 3.05) is 18.9 Å². The number of nitrogens with one attached hydrogen (secondary N) is 3. The van der Waals surface area contributed by atoms with E-state index < -0.39 is 0 Å². The molecule has 0 fully saturated rings. The van der Waals surface area contributed by atoms with Gasteiger partial charge in [0, 0.05) is 19.8 Å². The van der Waals surface area contributed by atoms with Crippen LogP contribution in [0, 0.1) is 0 Å². The van der Waals surface area contributed by atoms with E-state index in [0.29, 0.717) is 12.5 Å². The van der Waals surface area contributed by atoms with Gasteiger partial charge in [-0.2, -0.15) is 5.10 Å².